The lowest BCUT2D eigenvalue weighted by Gasteiger charge is -2.36. The molecule has 0 spiro atoms. The minimum atomic E-state index is -1.36. The van der Waals surface area contributed by atoms with E-state index in [1.807, 2.05) is 55.9 Å². The molecule has 626 valence electrons. The summed E-state index contributed by atoms with van der Waals surface area (Å²) in [5, 5.41) is 21.0. The van der Waals surface area contributed by atoms with E-state index in [1.165, 1.54) is 14.2 Å². The molecular weight excluding hydrogens is 1370 g/mol. The second-order valence-electron chi connectivity index (χ2n) is 34.2. The van der Waals surface area contributed by atoms with E-state index in [0.717, 1.165) is 84.0 Å². The summed E-state index contributed by atoms with van der Waals surface area (Å²) in [4.78, 5) is 182. The minimum absolute atomic E-state index is 0.0381. The number of ketones is 5. The van der Waals surface area contributed by atoms with Crippen LogP contribution in [0.3, 0.4) is 0 Å². The molecule has 25 nitrogen and oxygen atoms in total. The van der Waals surface area contributed by atoms with Crippen LogP contribution in [0.25, 0.3) is 0 Å². The summed E-state index contributed by atoms with van der Waals surface area (Å²) in [5.74, 6) is -9.54. The molecule has 0 rings (SSSR count). The van der Waals surface area contributed by atoms with Gasteiger partial charge in [0.15, 0.2) is 0 Å². The lowest BCUT2D eigenvalue weighted by molar-refractivity contribution is -0.142. The van der Waals surface area contributed by atoms with Crippen LogP contribution in [-0.4, -0.2) is 245 Å². The molecule has 0 aliphatic carbocycles. The number of likely N-dealkylation sites (N-methyl/N-ethyl adjacent to an activating group) is 6. The molecule has 7 amide bonds. The number of methoxy groups -OCH3 is 2. The van der Waals surface area contributed by atoms with Crippen molar-refractivity contribution in [3.8, 4) is 0 Å². The zero-order valence-electron chi connectivity index (χ0n) is 71.8. The van der Waals surface area contributed by atoms with Gasteiger partial charge < -0.3 is 66.3 Å². The largest absolute Gasteiger partial charge is 0.383 e. The summed E-state index contributed by atoms with van der Waals surface area (Å²) >= 11 is 0. The van der Waals surface area contributed by atoms with Crippen molar-refractivity contribution in [1.82, 2.24) is 56.8 Å². The van der Waals surface area contributed by atoms with Crippen molar-refractivity contribution >= 4 is 70.3 Å². The van der Waals surface area contributed by atoms with Crippen LogP contribution in [0.2, 0.25) is 0 Å². The first-order chi connectivity index (χ1) is 50.6. The van der Waals surface area contributed by atoms with E-state index in [0.29, 0.717) is 65.3 Å². The topological polar surface area (TPSA) is 320 Å². The van der Waals surface area contributed by atoms with Crippen molar-refractivity contribution in [3.05, 3.63) is 0 Å². The summed E-state index contributed by atoms with van der Waals surface area (Å²) in [7, 11) is 14.1. The highest BCUT2D eigenvalue weighted by Gasteiger charge is 2.46. The molecule has 7 N–H and O–H groups in total. The smallest absolute Gasteiger partial charge is 0.225 e. The fourth-order valence-electron chi connectivity index (χ4n) is 14.0. The third kappa shape index (κ3) is 42.2. The van der Waals surface area contributed by atoms with Crippen LogP contribution in [0.15, 0.2) is 0 Å². The summed E-state index contributed by atoms with van der Waals surface area (Å²) in [6.45, 7) is 32.5. The minimum Gasteiger partial charge on any atom is -0.383 e. The van der Waals surface area contributed by atoms with Gasteiger partial charge in [-0.25, -0.2) is 0 Å². The number of Topliss-reactive ketones (excluding diaryl/α,β-unsaturated/α-hetero) is 5. The van der Waals surface area contributed by atoms with Crippen LogP contribution in [-0.2, 0) is 67.0 Å². The predicted octanol–water partition coefficient (Wildman–Crippen LogP) is 8.81. The van der Waals surface area contributed by atoms with Gasteiger partial charge in [0.05, 0.1) is 13.2 Å². The van der Waals surface area contributed by atoms with Crippen molar-refractivity contribution in [2.45, 2.75) is 245 Å². The Balaban J connectivity index is 7.83. The number of unbranched alkanes of at least 4 members (excludes halogenated alkanes) is 7. The van der Waals surface area contributed by atoms with Gasteiger partial charge >= 0.3 is 0 Å². The molecule has 0 saturated carbocycles. The summed E-state index contributed by atoms with van der Waals surface area (Å²) in [6.07, 6.45) is 7.43. The van der Waals surface area contributed by atoms with Crippen LogP contribution >= 0.6 is 0 Å². The monoisotopic (exact) mass is 1530 g/mol. The van der Waals surface area contributed by atoms with Crippen LogP contribution < -0.4 is 37.2 Å². The number of ether oxygens (including phenoxy) is 2. The average molecular weight is 1530 g/mol. The third-order valence-corrected chi connectivity index (χ3v) is 21.4. The molecular formula is C83H155N11O14. The number of carbonyl (C=O) groups is 12. The number of hydrogen-bond donors (Lipinski definition) is 7. The Labute approximate surface area is 653 Å². The Morgan fingerprint density at radius 1 is 0.361 bits per heavy atom. The van der Waals surface area contributed by atoms with Gasteiger partial charge in [-0.1, -0.05) is 142 Å². The molecule has 6 atom stereocenters. The fourth-order valence-corrected chi connectivity index (χ4v) is 14.0. The van der Waals surface area contributed by atoms with E-state index in [1.54, 1.807) is 79.3 Å². The Morgan fingerprint density at radius 3 is 1.21 bits per heavy atom. The highest BCUT2D eigenvalue weighted by molar-refractivity contribution is 5.96. The quantitative estimate of drug-likeness (QED) is 0.0280. The van der Waals surface area contributed by atoms with E-state index < -0.39 is 74.4 Å². The summed E-state index contributed by atoms with van der Waals surface area (Å²) in [6, 6.07) is 0. The number of nitrogens with one attached hydrogen (secondary N) is 7. The molecule has 0 aromatic rings. The molecule has 0 radical (unpaired) electrons. The Kier molecular flexibility index (Phi) is 51.3. The maximum absolute atomic E-state index is 15.4. The first kappa shape index (κ1) is 102. The Hall–Kier alpha value is -5.60. The van der Waals surface area contributed by atoms with Crippen LogP contribution in [0.4, 0.5) is 0 Å². The van der Waals surface area contributed by atoms with Gasteiger partial charge in [-0.15, -0.1) is 0 Å². The van der Waals surface area contributed by atoms with E-state index in [4.69, 9.17) is 9.47 Å². The zero-order chi connectivity index (χ0) is 82.4. The molecule has 0 saturated heterocycles. The highest BCUT2D eigenvalue weighted by atomic mass is 16.5. The first-order valence-electron chi connectivity index (χ1n) is 40.8. The highest BCUT2D eigenvalue weighted by Crippen LogP contribution is 2.42. The van der Waals surface area contributed by atoms with Crippen LogP contribution in [0.1, 0.15) is 245 Å². The van der Waals surface area contributed by atoms with Crippen molar-refractivity contribution < 1.29 is 67.0 Å². The molecule has 0 fully saturated rings. The van der Waals surface area contributed by atoms with E-state index >= 15 is 24.0 Å². The molecule has 0 aromatic heterocycles. The number of carbonyl (C=O) groups excluding carboxylic acids is 12. The van der Waals surface area contributed by atoms with Crippen molar-refractivity contribution in [1.29, 1.82) is 0 Å². The number of rotatable bonds is 66. The second kappa shape index (κ2) is 54.1. The van der Waals surface area contributed by atoms with Crippen molar-refractivity contribution in [2.24, 2.45) is 62.6 Å². The second-order valence-corrected chi connectivity index (χ2v) is 34.2. The maximum atomic E-state index is 15.4. The molecule has 108 heavy (non-hydrogen) atoms. The molecule has 0 aromatic carbocycles. The van der Waals surface area contributed by atoms with Crippen LogP contribution in [0.5, 0.6) is 0 Å². The van der Waals surface area contributed by atoms with E-state index in [2.05, 4.69) is 60.9 Å². The van der Waals surface area contributed by atoms with E-state index in [-0.39, 0.29) is 155 Å². The molecule has 0 heterocycles. The third-order valence-electron chi connectivity index (χ3n) is 21.4. The molecule has 0 aliphatic rings. The summed E-state index contributed by atoms with van der Waals surface area (Å²) in [5.41, 5.74) is -6.05. The van der Waals surface area contributed by atoms with Gasteiger partial charge in [-0.2, -0.15) is 0 Å². The van der Waals surface area contributed by atoms with Crippen LogP contribution in [0, 0.1) is 62.6 Å². The zero-order valence-corrected chi connectivity index (χ0v) is 71.8. The number of nitrogens with zero attached hydrogens (tertiary/aromatic N) is 4. The lowest BCUT2D eigenvalue weighted by atomic mass is 9.67. The first-order valence-corrected chi connectivity index (χ1v) is 40.8. The fraction of sp³-hybridized carbons (Fsp3) is 0.855. The molecule has 25 heteroatoms. The van der Waals surface area contributed by atoms with Crippen molar-refractivity contribution in [3.63, 3.8) is 0 Å². The van der Waals surface area contributed by atoms with Gasteiger partial charge in [-0.3, -0.25) is 57.5 Å². The van der Waals surface area contributed by atoms with Gasteiger partial charge in [0.2, 0.25) is 41.4 Å². The Morgan fingerprint density at radius 2 is 0.741 bits per heavy atom. The van der Waals surface area contributed by atoms with Gasteiger partial charge in [0, 0.05) is 216 Å². The number of hydrogen-bond acceptors (Lipinski definition) is 18. The summed E-state index contributed by atoms with van der Waals surface area (Å²) < 4.78 is 10.3. The normalized spacial score (nSPS) is 13.9. The lowest BCUT2D eigenvalue weighted by Crippen LogP contribution is -2.44. The van der Waals surface area contributed by atoms with Gasteiger partial charge in [0.1, 0.15) is 28.9 Å². The SMILES string of the molecule is CCCCCCNC(=O)CC(CC(C)(C)C(=O)CC(CC(C)(C)C(=O)C(CC(=O)NCCOC)CC(C)(C)C(=O)CC(CC)C(=O)NCCOC)C(=O)NCCCCCC)C(=O)CC(C)(C)CC(CC(=O)C(C)(C)CC(CC(=O)N(C)CCN(C)CCNC)C(=O)NCCCC)C(=O)N(C)CCN(C)CCNC. The molecule has 0 aliphatic heterocycles. The molecule has 6 unspecified atom stereocenters. The number of amides is 7. The van der Waals surface area contributed by atoms with E-state index in [9.17, 15) is 33.6 Å². The standard InChI is InChI=1S/C83H155N11O14/c1-23-27-30-32-35-86-71(99)52-62(67(95)60-79(5,6)55-66(78(106)94(20)46-44-92(18)42-38-85-16)51-70(98)82(11,12)58-65(77(105)88-34-29-25-3)54-73(101)93(19)45-43-91(17)41-37-84-15)56-80(7,8)69(97)50-64(76(104)89-36-33-31-28-24-2)59-83(13,14)74(102)63(53-72(100)87-39-47-107-21)57-81(9,10)68(96)49-61(26-4)75(103)90-40-48-108-22/h61-66,84-85H,23-60H2,1-22H3,(H,86,99)(H,87,100)(H,88,105)(H,89,104)(H,90,103). The van der Waals surface area contributed by atoms with Gasteiger partial charge in [0.25, 0.3) is 0 Å². The van der Waals surface area contributed by atoms with Gasteiger partial charge in [-0.05, 0) is 91.4 Å². The average Bonchev–Trinajstić information content (AvgIpc) is 0.817. The Bertz CT molecular complexity index is 2720. The predicted molar refractivity (Wildman–Crippen MR) is 431 cm³/mol. The maximum Gasteiger partial charge on any atom is 0.225 e. The molecule has 0 bridgehead atoms. The van der Waals surface area contributed by atoms with Crippen molar-refractivity contribution in [2.75, 3.05) is 155 Å².